The van der Waals surface area contributed by atoms with Gasteiger partial charge in [-0.25, -0.2) is 0 Å². The van der Waals surface area contributed by atoms with Gasteiger partial charge in [0.1, 0.15) is 0 Å². The number of benzene rings is 1. The van der Waals surface area contributed by atoms with Crippen molar-refractivity contribution in [2.45, 2.75) is 44.2 Å². The summed E-state index contributed by atoms with van der Waals surface area (Å²) in [5.41, 5.74) is 0.649. The Morgan fingerprint density at radius 2 is 1.62 bits per heavy atom. The van der Waals surface area contributed by atoms with Crippen molar-refractivity contribution in [1.29, 1.82) is 0 Å². The molecule has 0 spiro atoms. The Morgan fingerprint density at radius 3 is 2.31 bits per heavy atom. The van der Waals surface area contributed by atoms with Crippen molar-refractivity contribution >= 4 is 23.4 Å². The predicted octanol–water partition coefficient (Wildman–Crippen LogP) is 2.55. The Balaban J connectivity index is 1.31. The number of carbonyl (C=O) groups is 2. The summed E-state index contributed by atoms with van der Waals surface area (Å²) in [6.07, 6.45) is 6.02. The van der Waals surface area contributed by atoms with E-state index in [1.54, 1.807) is 24.3 Å². The van der Waals surface area contributed by atoms with Crippen molar-refractivity contribution in [2.24, 2.45) is 5.92 Å². The van der Waals surface area contributed by atoms with Gasteiger partial charge in [-0.2, -0.15) is 0 Å². The van der Waals surface area contributed by atoms with E-state index in [1.165, 1.54) is 25.7 Å². The van der Waals surface area contributed by atoms with Gasteiger partial charge in [-0.3, -0.25) is 9.59 Å². The number of nitrogens with one attached hydrogen (secondary N) is 1. The van der Waals surface area contributed by atoms with Gasteiger partial charge >= 0.3 is 0 Å². The van der Waals surface area contributed by atoms with Crippen molar-refractivity contribution in [1.82, 2.24) is 15.1 Å². The van der Waals surface area contributed by atoms with Crippen LogP contribution in [0.1, 0.15) is 42.5 Å². The molecule has 2 amide bonds. The van der Waals surface area contributed by atoms with E-state index in [1.807, 2.05) is 9.80 Å². The first-order valence-corrected chi connectivity index (χ1v) is 10.1. The third-order valence-electron chi connectivity index (χ3n) is 6.13. The van der Waals surface area contributed by atoms with E-state index in [0.29, 0.717) is 48.7 Å². The Hall–Kier alpha value is -1.59. The summed E-state index contributed by atoms with van der Waals surface area (Å²) in [7, 11) is 0. The largest absolute Gasteiger partial charge is 0.338 e. The van der Waals surface area contributed by atoms with Crippen LogP contribution in [0.4, 0.5) is 0 Å². The number of piperazine rings is 1. The predicted molar refractivity (Wildman–Crippen MR) is 101 cm³/mol. The molecule has 0 radical (unpaired) electrons. The summed E-state index contributed by atoms with van der Waals surface area (Å²) in [4.78, 5) is 29.2. The van der Waals surface area contributed by atoms with Crippen LogP contribution in [0.2, 0.25) is 5.02 Å². The van der Waals surface area contributed by atoms with Gasteiger partial charge in [-0.15, -0.1) is 0 Å². The summed E-state index contributed by atoms with van der Waals surface area (Å²) in [5, 5.41) is 4.20. The molecule has 26 heavy (non-hydrogen) atoms. The van der Waals surface area contributed by atoms with Gasteiger partial charge in [0.2, 0.25) is 5.91 Å². The summed E-state index contributed by atoms with van der Waals surface area (Å²) in [5.74, 6) is 0.905. The van der Waals surface area contributed by atoms with Gasteiger partial charge in [0, 0.05) is 42.8 Å². The van der Waals surface area contributed by atoms with Gasteiger partial charge in [0.15, 0.2) is 0 Å². The molecule has 3 fully saturated rings. The Labute approximate surface area is 159 Å². The molecule has 2 aliphatic heterocycles. The van der Waals surface area contributed by atoms with Crippen molar-refractivity contribution in [3.8, 4) is 0 Å². The Kier molecular flexibility index (Phi) is 5.18. The third-order valence-corrected chi connectivity index (χ3v) is 6.38. The number of rotatable bonds is 2. The monoisotopic (exact) mass is 375 g/mol. The maximum absolute atomic E-state index is 12.9. The molecule has 2 saturated heterocycles. The van der Waals surface area contributed by atoms with Crippen LogP contribution in [0.3, 0.4) is 0 Å². The second-order valence-electron chi connectivity index (χ2n) is 7.73. The molecular weight excluding hydrogens is 350 g/mol. The van der Waals surface area contributed by atoms with Crippen LogP contribution in [-0.4, -0.2) is 59.9 Å². The molecule has 5 nitrogen and oxygen atoms in total. The van der Waals surface area contributed by atoms with Crippen LogP contribution in [0.5, 0.6) is 0 Å². The molecule has 3 aliphatic rings. The molecule has 3 atom stereocenters. The lowest BCUT2D eigenvalue weighted by atomic mass is 9.85. The first kappa shape index (κ1) is 17.8. The van der Waals surface area contributed by atoms with Crippen LogP contribution < -0.4 is 5.32 Å². The molecule has 1 aliphatic carbocycles. The van der Waals surface area contributed by atoms with E-state index in [0.717, 1.165) is 6.42 Å². The van der Waals surface area contributed by atoms with Crippen LogP contribution in [-0.2, 0) is 4.79 Å². The summed E-state index contributed by atoms with van der Waals surface area (Å²) < 4.78 is 0. The van der Waals surface area contributed by atoms with Crippen molar-refractivity contribution < 1.29 is 9.59 Å². The summed E-state index contributed by atoms with van der Waals surface area (Å²) in [6.45, 7) is 2.41. The zero-order valence-electron chi connectivity index (χ0n) is 15.0. The lowest BCUT2D eigenvalue weighted by Crippen LogP contribution is -2.54. The molecule has 6 heteroatoms. The van der Waals surface area contributed by atoms with E-state index < -0.39 is 0 Å². The number of hydrogen-bond acceptors (Lipinski definition) is 3. The van der Waals surface area contributed by atoms with Gasteiger partial charge in [-0.1, -0.05) is 24.4 Å². The standard InChI is InChI=1S/C20H26ClN3O2/c21-16-7-5-14(6-8-16)19(25)23-9-11-24(12-10-23)20(26)18-13-15-3-1-2-4-17(15)22-18/h5-8,15,17-18,22H,1-4,9-13H2. The van der Waals surface area contributed by atoms with Crippen molar-refractivity contribution in [3.05, 3.63) is 34.9 Å². The molecule has 1 aromatic rings. The van der Waals surface area contributed by atoms with Crippen molar-refractivity contribution in [2.75, 3.05) is 26.2 Å². The number of halogens is 1. The Bertz CT molecular complexity index is 656. The highest BCUT2D eigenvalue weighted by Crippen LogP contribution is 2.33. The maximum atomic E-state index is 12.9. The van der Waals surface area contributed by atoms with Gasteiger partial charge in [0.05, 0.1) is 6.04 Å². The lowest BCUT2D eigenvalue weighted by molar-refractivity contribution is -0.134. The molecule has 4 rings (SSSR count). The van der Waals surface area contributed by atoms with Gasteiger partial charge in [0.25, 0.3) is 5.91 Å². The molecule has 0 bridgehead atoms. The maximum Gasteiger partial charge on any atom is 0.253 e. The fourth-order valence-corrected chi connectivity index (χ4v) is 4.76. The van der Waals surface area contributed by atoms with E-state index in [9.17, 15) is 9.59 Å². The highest BCUT2D eigenvalue weighted by molar-refractivity contribution is 6.30. The third kappa shape index (κ3) is 3.60. The number of carbonyl (C=O) groups excluding carboxylic acids is 2. The molecule has 1 saturated carbocycles. The fourth-order valence-electron chi connectivity index (χ4n) is 4.64. The highest BCUT2D eigenvalue weighted by Gasteiger charge is 2.40. The van der Waals surface area contributed by atoms with E-state index >= 15 is 0 Å². The minimum Gasteiger partial charge on any atom is -0.338 e. The van der Waals surface area contributed by atoms with E-state index in [4.69, 9.17) is 11.6 Å². The lowest BCUT2D eigenvalue weighted by Gasteiger charge is -2.36. The van der Waals surface area contributed by atoms with Gasteiger partial charge < -0.3 is 15.1 Å². The fraction of sp³-hybridized carbons (Fsp3) is 0.600. The zero-order valence-corrected chi connectivity index (χ0v) is 15.8. The molecular formula is C20H26ClN3O2. The second-order valence-corrected chi connectivity index (χ2v) is 8.17. The normalized spacial score (nSPS) is 28.7. The topological polar surface area (TPSA) is 52.7 Å². The van der Waals surface area contributed by atoms with E-state index in [-0.39, 0.29) is 17.9 Å². The number of fused-ring (bicyclic) bond motifs is 1. The minimum absolute atomic E-state index is 0.0128. The molecule has 1 N–H and O–H groups in total. The second kappa shape index (κ2) is 7.57. The molecule has 0 aromatic heterocycles. The van der Waals surface area contributed by atoms with Gasteiger partial charge in [-0.05, 0) is 49.4 Å². The average molecular weight is 376 g/mol. The first-order valence-electron chi connectivity index (χ1n) is 9.71. The summed E-state index contributed by atoms with van der Waals surface area (Å²) >= 11 is 5.89. The molecule has 3 unspecified atom stereocenters. The quantitative estimate of drug-likeness (QED) is 0.864. The van der Waals surface area contributed by atoms with Crippen molar-refractivity contribution in [3.63, 3.8) is 0 Å². The molecule has 140 valence electrons. The number of amides is 2. The van der Waals surface area contributed by atoms with Crippen LogP contribution in [0.15, 0.2) is 24.3 Å². The number of hydrogen-bond donors (Lipinski definition) is 1. The first-order chi connectivity index (χ1) is 12.6. The number of nitrogens with zero attached hydrogens (tertiary/aromatic N) is 2. The van der Waals surface area contributed by atoms with Crippen LogP contribution in [0.25, 0.3) is 0 Å². The minimum atomic E-state index is -0.0263. The summed E-state index contributed by atoms with van der Waals surface area (Å²) in [6, 6.07) is 7.49. The Morgan fingerprint density at radius 1 is 0.962 bits per heavy atom. The molecule has 1 aromatic carbocycles. The zero-order chi connectivity index (χ0) is 18.1. The van der Waals surface area contributed by atoms with Crippen LogP contribution >= 0.6 is 11.6 Å². The average Bonchev–Trinajstić information content (AvgIpc) is 3.12. The highest BCUT2D eigenvalue weighted by atomic mass is 35.5. The SMILES string of the molecule is O=C(c1ccc(Cl)cc1)N1CCN(C(=O)C2CC3CCCCC3N2)CC1. The molecule has 2 heterocycles. The van der Waals surface area contributed by atoms with Crippen LogP contribution in [0, 0.1) is 5.92 Å². The smallest absolute Gasteiger partial charge is 0.253 e. The van der Waals surface area contributed by atoms with E-state index in [2.05, 4.69) is 5.32 Å².